The van der Waals surface area contributed by atoms with E-state index >= 15 is 0 Å². The highest BCUT2D eigenvalue weighted by atomic mass is 79.9. The molecule has 17 heavy (non-hydrogen) atoms. The Morgan fingerprint density at radius 2 is 2.12 bits per heavy atom. The number of pyridine rings is 1. The van der Waals surface area contributed by atoms with E-state index in [1.807, 2.05) is 0 Å². The summed E-state index contributed by atoms with van der Waals surface area (Å²) in [5, 5.41) is 2.58. The molecule has 0 spiro atoms. The van der Waals surface area contributed by atoms with Crippen LogP contribution in [0.5, 0.6) is 0 Å². The lowest BCUT2D eigenvalue weighted by atomic mass is 10.2. The van der Waals surface area contributed by atoms with Crippen LogP contribution < -0.4 is 5.32 Å². The van der Waals surface area contributed by atoms with E-state index in [0.717, 1.165) is 0 Å². The van der Waals surface area contributed by atoms with E-state index in [0.29, 0.717) is 15.9 Å². The number of benzene rings is 1. The van der Waals surface area contributed by atoms with Crippen molar-refractivity contribution in [1.29, 1.82) is 0 Å². The van der Waals surface area contributed by atoms with Gasteiger partial charge in [-0.15, -0.1) is 0 Å². The minimum Gasteiger partial charge on any atom is -0.322 e. The van der Waals surface area contributed by atoms with Crippen molar-refractivity contribution in [1.82, 2.24) is 4.98 Å². The Kier molecular flexibility index (Phi) is 3.49. The number of halogens is 2. The summed E-state index contributed by atoms with van der Waals surface area (Å²) in [7, 11) is 0. The predicted molar refractivity (Wildman–Crippen MR) is 66.3 cm³/mol. The van der Waals surface area contributed by atoms with Crippen LogP contribution in [-0.4, -0.2) is 10.9 Å². The molecule has 0 aliphatic rings. The van der Waals surface area contributed by atoms with Crippen molar-refractivity contribution in [3.8, 4) is 0 Å². The van der Waals surface area contributed by atoms with E-state index in [1.165, 1.54) is 24.4 Å². The van der Waals surface area contributed by atoms with Gasteiger partial charge in [0.2, 0.25) is 0 Å². The monoisotopic (exact) mass is 294 g/mol. The van der Waals surface area contributed by atoms with Crippen molar-refractivity contribution >= 4 is 27.5 Å². The van der Waals surface area contributed by atoms with Crippen LogP contribution in [0.1, 0.15) is 10.4 Å². The van der Waals surface area contributed by atoms with E-state index < -0.39 is 5.82 Å². The Balaban J connectivity index is 2.14. The molecule has 1 aromatic carbocycles. The maximum Gasteiger partial charge on any atom is 0.257 e. The first-order valence-corrected chi connectivity index (χ1v) is 5.63. The molecule has 1 N–H and O–H groups in total. The summed E-state index contributed by atoms with van der Waals surface area (Å²) in [4.78, 5) is 15.7. The van der Waals surface area contributed by atoms with Gasteiger partial charge in [-0.3, -0.25) is 4.79 Å². The molecule has 1 heterocycles. The molecule has 0 atom stereocenters. The smallest absolute Gasteiger partial charge is 0.257 e. The van der Waals surface area contributed by atoms with Gasteiger partial charge in [-0.25, -0.2) is 9.37 Å². The predicted octanol–water partition coefficient (Wildman–Crippen LogP) is 3.24. The van der Waals surface area contributed by atoms with Crippen LogP contribution in [0, 0.1) is 5.82 Å². The van der Waals surface area contributed by atoms with E-state index in [1.54, 1.807) is 18.2 Å². The van der Waals surface area contributed by atoms with Crippen LogP contribution >= 0.6 is 15.9 Å². The summed E-state index contributed by atoms with van der Waals surface area (Å²) in [6, 6.07) is 9.02. The second-order valence-electron chi connectivity index (χ2n) is 3.33. The summed E-state index contributed by atoms with van der Waals surface area (Å²) in [6.07, 6.45) is 1.44. The Morgan fingerprint density at radius 3 is 2.76 bits per heavy atom. The van der Waals surface area contributed by atoms with Gasteiger partial charge in [-0.1, -0.05) is 6.07 Å². The highest BCUT2D eigenvalue weighted by molar-refractivity contribution is 9.10. The first-order valence-electron chi connectivity index (χ1n) is 4.83. The number of aromatic nitrogens is 1. The molecule has 2 aromatic rings. The maximum absolute atomic E-state index is 12.9. The van der Waals surface area contributed by atoms with Crippen molar-refractivity contribution in [2.75, 3.05) is 5.32 Å². The second-order valence-corrected chi connectivity index (χ2v) is 4.15. The molecule has 0 bridgehead atoms. The lowest BCUT2D eigenvalue weighted by molar-refractivity contribution is 0.102. The number of nitrogens with zero attached hydrogens (tertiary/aromatic N) is 1. The number of carbonyl (C=O) groups is 1. The molecular formula is C12H8BrFN2O. The largest absolute Gasteiger partial charge is 0.322 e. The molecule has 0 radical (unpaired) electrons. The van der Waals surface area contributed by atoms with Gasteiger partial charge in [0.1, 0.15) is 10.4 Å². The van der Waals surface area contributed by atoms with Crippen molar-refractivity contribution in [2.45, 2.75) is 0 Å². The van der Waals surface area contributed by atoms with Crippen LogP contribution in [0.2, 0.25) is 0 Å². The molecular weight excluding hydrogens is 287 g/mol. The van der Waals surface area contributed by atoms with Crippen LogP contribution in [0.15, 0.2) is 47.2 Å². The Bertz CT molecular complexity index is 542. The van der Waals surface area contributed by atoms with Crippen LogP contribution in [0.4, 0.5) is 10.1 Å². The van der Waals surface area contributed by atoms with Gasteiger partial charge in [0.05, 0.1) is 5.56 Å². The van der Waals surface area contributed by atoms with Gasteiger partial charge in [0, 0.05) is 11.9 Å². The number of amides is 1. The maximum atomic E-state index is 12.9. The number of rotatable bonds is 2. The summed E-state index contributed by atoms with van der Waals surface area (Å²) in [6.45, 7) is 0. The molecule has 86 valence electrons. The molecule has 0 saturated carbocycles. The van der Waals surface area contributed by atoms with Gasteiger partial charge in [0.15, 0.2) is 0 Å². The van der Waals surface area contributed by atoms with Crippen LogP contribution in [-0.2, 0) is 0 Å². The highest BCUT2D eigenvalue weighted by Gasteiger charge is 2.06. The summed E-state index contributed by atoms with van der Waals surface area (Å²) < 4.78 is 13.6. The van der Waals surface area contributed by atoms with E-state index in [4.69, 9.17) is 0 Å². The first-order chi connectivity index (χ1) is 8.15. The number of hydrogen-bond acceptors (Lipinski definition) is 2. The van der Waals surface area contributed by atoms with Gasteiger partial charge in [-0.05, 0) is 46.3 Å². The van der Waals surface area contributed by atoms with Gasteiger partial charge in [-0.2, -0.15) is 0 Å². The van der Waals surface area contributed by atoms with Crippen molar-refractivity contribution in [3.05, 3.63) is 58.6 Å². The molecule has 2 rings (SSSR count). The van der Waals surface area contributed by atoms with Crippen LogP contribution in [0.25, 0.3) is 0 Å². The fourth-order valence-corrected chi connectivity index (χ4v) is 1.51. The van der Waals surface area contributed by atoms with Crippen molar-refractivity contribution in [2.24, 2.45) is 0 Å². The third kappa shape index (κ3) is 3.10. The summed E-state index contributed by atoms with van der Waals surface area (Å²) in [5.41, 5.74) is 0.829. The third-order valence-electron chi connectivity index (χ3n) is 2.07. The third-order valence-corrected chi connectivity index (χ3v) is 2.54. The first kappa shape index (κ1) is 11.7. The zero-order chi connectivity index (χ0) is 12.3. The van der Waals surface area contributed by atoms with E-state index in [2.05, 4.69) is 26.2 Å². The lowest BCUT2D eigenvalue weighted by Crippen LogP contribution is -2.12. The fraction of sp³-hybridized carbons (Fsp3) is 0. The van der Waals surface area contributed by atoms with Gasteiger partial charge < -0.3 is 5.32 Å². The second kappa shape index (κ2) is 5.05. The highest BCUT2D eigenvalue weighted by Crippen LogP contribution is 2.12. The average molecular weight is 295 g/mol. The quantitative estimate of drug-likeness (QED) is 0.864. The zero-order valence-electron chi connectivity index (χ0n) is 8.65. The number of anilines is 1. The minimum atomic E-state index is -0.392. The Morgan fingerprint density at radius 1 is 1.29 bits per heavy atom. The normalized spacial score (nSPS) is 10.0. The summed E-state index contributed by atoms with van der Waals surface area (Å²) in [5.74, 6) is -0.715. The van der Waals surface area contributed by atoms with Gasteiger partial charge in [0.25, 0.3) is 5.91 Å². The average Bonchev–Trinajstić information content (AvgIpc) is 2.29. The minimum absolute atomic E-state index is 0.324. The molecule has 0 fully saturated rings. The topological polar surface area (TPSA) is 42.0 Å². The molecule has 5 heteroatoms. The van der Waals surface area contributed by atoms with Crippen molar-refractivity contribution in [3.63, 3.8) is 0 Å². The number of nitrogens with one attached hydrogen (secondary N) is 1. The SMILES string of the molecule is O=C(Nc1cccc(F)c1)c1ccc(Br)nc1. The lowest BCUT2D eigenvalue weighted by Gasteiger charge is -2.04. The Labute approximate surface area is 106 Å². The van der Waals surface area contributed by atoms with Gasteiger partial charge >= 0.3 is 0 Å². The molecule has 0 aliphatic carbocycles. The van der Waals surface area contributed by atoms with E-state index in [9.17, 15) is 9.18 Å². The number of hydrogen-bond donors (Lipinski definition) is 1. The van der Waals surface area contributed by atoms with Crippen molar-refractivity contribution < 1.29 is 9.18 Å². The molecule has 0 aliphatic heterocycles. The zero-order valence-corrected chi connectivity index (χ0v) is 10.2. The molecule has 0 saturated heterocycles. The fourth-order valence-electron chi connectivity index (χ4n) is 1.28. The Hall–Kier alpha value is -1.75. The summed E-state index contributed by atoms with van der Waals surface area (Å²) >= 11 is 3.18. The van der Waals surface area contributed by atoms with Crippen LogP contribution in [0.3, 0.4) is 0 Å². The molecule has 0 unspecified atom stereocenters. The number of carbonyl (C=O) groups excluding carboxylic acids is 1. The standard InChI is InChI=1S/C12H8BrFN2O/c13-11-5-4-8(7-15-11)12(17)16-10-3-1-2-9(14)6-10/h1-7H,(H,16,17). The molecule has 3 nitrogen and oxygen atoms in total. The van der Waals surface area contributed by atoms with E-state index in [-0.39, 0.29) is 5.91 Å². The molecule has 1 amide bonds. The molecule has 1 aromatic heterocycles.